The molecule has 0 saturated heterocycles. The topological polar surface area (TPSA) is 56.7 Å². The van der Waals surface area contributed by atoms with Crippen LogP contribution in [-0.4, -0.2) is 19.5 Å². The predicted octanol–water partition coefficient (Wildman–Crippen LogP) is 13.2. The lowest BCUT2D eigenvalue weighted by Gasteiger charge is -2.10. The van der Waals surface area contributed by atoms with Crippen LogP contribution in [0.1, 0.15) is 0 Å². The Morgan fingerprint density at radius 1 is 0.339 bits per heavy atom. The number of hydrogen-bond acceptors (Lipinski definition) is 4. The van der Waals surface area contributed by atoms with Crippen molar-refractivity contribution in [1.82, 2.24) is 19.5 Å². The summed E-state index contributed by atoms with van der Waals surface area (Å²) < 4.78 is 9.20. The molecule has 0 aliphatic rings. The normalized spacial score (nSPS) is 11.6. The largest absolute Gasteiger partial charge is 0.454 e. The molecular formula is C51H32N4O. The maximum atomic E-state index is 6.89. The van der Waals surface area contributed by atoms with Crippen molar-refractivity contribution in [3.8, 4) is 62.1 Å². The van der Waals surface area contributed by atoms with Crippen molar-refractivity contribution in [3.63, 3.8) is 0 Å². The fourth-order valence-electron chi connectivity index (χ4n) is 7.97. The molecule has 0 N–H and O–H groups in total. The van der Waals surface area contributed by atoms with Crippen molar-refractivity contribution in [3.05, 3.63) is 194 Å². The summed E-state index contributed by atoms with van der Waals surface area (Å²) in [5.41, 5.74) is 12.0. The zero-order chi connectivity index (χ0) is 37.0. The molecule has 0 radical (unpaired) electrons. The highest BCUT2D eigenvalue weighted by atomic mass is 16.3. The lowest BCUT2D eigenvalue weighted by atomic mass is 10.0. The minimum atomic E-state index is 0.575. The van der Waals surface area contributed by atoms with E-state index in [9.17, 15) is 0 Å². The van der Waals surface area contributed by atoms with Gasteiger partial charge in [0.25, 0.3) is 0 Å². The molecular weight excluding hydrogens is 685 g/mol. The van der Waals surface area contributed by atoms with Crippen LogP contribution in [0.25, 0.3) is 106 Å². The molecule has 0 aliphatic heterocycles. The monoisotopic (exact) mass is 716 g/mol. The molecule has 56 heavy (non-hydrogen) atoms. The van der Waals surface area contributed by atoms with E-state index in [1.54, 1.807) is 0 Å². The van der Waals surface area contributed by atoms with E-state index in [0.717, 1.165) is 83.0 Å². The highest BCUT2D eigenvalue weighted by Gasteiger charge is 2.20. The second kappa shape index (κ2) is 13.0. The molecule has 5 nitrogen and oxygen atoms in total. The van der Waals surface area contributed by atoms with E-state index >= 15 is 0 Å². The average molecular weight is 717 g/mol. The van der Waals surface area contributed by atoms with Gasteiger partial charge in [-0.2, -0.15) is 0 Å². The van der Waals surface area contributed by atoms with Gasteiger partial charge in [0.2, 0.25) is 0 Å². The van der Waals surface area contributed by atoms with Crippen LogP contribution in [0.4, 0.5) is 0 Å². The molecule has 0 amide bonds. The van der Waals surface area contributed by atoms with E-state index in [0.29, 0.717) is 17.5 Å². The van der Waals surface area contributed by atoms with Crippen molar-refractivity contribution >= 4 is 43.7 Å². The van der Waals surface area contributed by atoms with Gasteiger partial charge < -0.3 is 8.98 Å². The molecule has 0 fully saturated rings. The Kier molecular flexibility index (Phi) is 7.42. The van der Waals surface area contributed by atoms with Crippen molar-refractivity contribution in [2.75, 3.05) is 0 Å². The van der Waals surface area contributed by atoms with Gasteiger partial charge in [0.1, 0.15) is 5.58 Å². The average Bonchev–Trinajstić information content (AvgIpc) is 3.83. The quantitative estimate of drug-likeness (QED) is 0.172. The molecule has 3 aromatic heterocycles. The van der Waals surface area contributed by atoms with Crippen LogP contribution in [0.3, 0.4) is 0 Å². The van der Waals surface area contributed by atoms with E-state index in [1.165, 1.54) is 5.39 Å². The standard InChI is InChI=1S/C51H32N4O/c1-4-14-33(15-5-1)35-18-12-20-37(30-35)49-52-50(38-21-13-19-36(31-38)34-16-6-2-7-17-34)54-51(53-49)39-26-27-42-44-29-28-43-41-24-10-11-25-45(41)55(40-22-8-3-9-23-40)47(43)48(44)56-46(42)32-39/h1-32H. The SMILES string of the molecule is c1ccc(-c2cccc(-c3nc(-c4cccc(-c5ccccc5)c4)nc(-c4ccc5c(c4)oc4c5ccc5c6ccccc6n(-c6ccccc6)c54)n3)c2)cc1. The van der Waals surface area contributed by atoms with Crippen LogP contribution in [-0.2, 0) is 0 Å². The number of fused-ring (bicyclic) bond motifs is 7. The number of hydrogen-bond donors (Lipinski definition) is 0. The summed E-state index contributed by atoms with van der Waals surface area (Å²) in [6.45, 7) is 0. The number of aromatic nitrogens is 4. The van der Waals surface area contributed by atoms with Gasteiger partial charge >= 0.3 is 0 Å². The van der Waals surface area contributed by atoms with Crippen molar-refractivity contribution < 1.29 is 4.42 Å². The van der Waals surface area contributed by atoms with E-state index in [4.69, 9.17) is 19.4 Å². The molecule has 5 heteroatoms. The highest BCUT2D eigenvalue weighted by molar-refractivity contribution is 6.21. The molecule has 0 atom stereocenters. The first-order chi connectivity index (χ1) is 27.7. The van der Waals surface area contributed by atoms with Crippen LogP contribution in [0, 0.1) is 0 Å². The summed E-state index contributed by atoms with van der Waals surface area (Å²) in [5, 5.41) is 4.44. The summed E-state index contributed by atoms with van der Waals surface area (Å²) >= 11 is 0. The van der Waals surface area contributed by atoms with E-state index in [2.05, 4.69) is 180 Å². The number of furan rings is 1. The number of para-hydroxylation sites is 2. The first-order valence-corrected chi connectivity index (χ1v) is 18.8. The zero-order valence-corrected chi connectivity index (χ0v) is 30.2. The number of nitrogens with zero attached hydrogens (tertiary/aromatic N) is 4. The lowest BCUT2D eigenvalue weighted by molar-refractivity contribution is 0.671. The van der Waals surface area contributed by atoms with Gasteiger partial charge in [0, 0.05) is 43.9 Å². The third-order valence-corrected chi connectivity index (χ3v) is 10.6. The summed E-state index contributed by atoms with van der Waals surface area (Å²) in [7, 11) is 0. The van der Waals surface area contributed by atoms with Crippen LogP contribution in [0.5, 0.6) is 0 Å². The van der Waals surface area contributed by atoms with Gasteiger partial charge in [-0.25, -0.2) is 15.0 Å². The lowest BCUT2D eigenvalue weighted by Crippen LogP contribution is -2.00. The summed E-state index contributed by atoms with van der Waals surface area (Å²) in [4.78, 5) is 15.4. The summed E-state index contributed by atoms with van der Waals surface area (Å²) in [6.07, 6.45) is 0. The van der Waals surface area contributed by atoms with Crippen LogP contribution in [0.15, 0.2) is 199 Å². The molecule has 11 aromatic rings. The molecule has 8 aromatic carbocycles. The van der Waals surface area contributed by atoms with Crippen molar-refractivity contribution in [2.45, 2.75) is 0 Å². The second-order valence-electron chi connectivity index (χ2n) is 14.0. The molecule has 0 saturated carbocycles. The molecule has 11 rings (SSSR count). The highest BCUT2D eigenvalue weighted by Crippen LogP contribution is 2.41. The zero-order valence-electron chi connectivity index (χ0n) is 30.2. The minimum absolute atomic E-state index is 0.575. The Morgan fingerprint density at radius 3 is 1.45 bits per heavy atom. The van der Waals surface area contributed by atoms with Crippen molar-refractivity contribution in [2.24, 2.45) is 0 Å². The van der Waals surface area contributed by atoms with Gasteiger partial charge in [0.15, 0.2) is 23.1 Å². The molecule has 0 bridgehead atoms. The molecule has 0 aliphatic carbocycles. The van der Waals surface area contributed by atoms with E-state index < -0.39 is 0 Å². The molecule has 0 spiro atoms. The fourth-order valence-corrected chi connectivity index (χ4v) is 7.97. The van der Waals surface area contributed by atoms with Crippen LogP contribution in [0.2, 0.25) is 0 Å². The molecule has 0 unspecified atom stereocenters. The molecule has 262 valence electrons. The first-order valence-electron chi connectivity index (χ1n) is 18.8. The Hall–Kier alpha value is -7.63. The summed E-state index contributed by atoms with van der Waals surface area (Å²) in [6, 6.07) is 67.3. The van der Waals surface area contributed by atoms with Crippen LogP contribution >= 0.6 is 0 Å². The van der Waals surface area contributed by atoms with Gasteiger partial charge in [-0.3, -0.25) is 0 Å². The fraction of sp³-hybridized carbons (Fsp3) is 0. The third kappa shape index (κ3) is 5.37. The Balaban J connectivity index is 1.10. The van der Waals surface area contributed by atoms with Gasteiger partial charge in [0.05, 0.1) is 11.0 Å². The number of benzene rings is 8. The van der Waals surface area contributed by atoms with Crippen molar-refractivity contribution in [1.29, 1.82) is 0 Å². The smallest absolute Gasteiger partial charge is 0.164 e. The van der Waals surface area contributed by atoms with Gasteiger partial charge in [-0.15, -0.1) is 0 Å². The maximum absolute atomic E-state index is 6.89. The second-order valence-corrected chi connectivity index (χ2v) is 14.0. The summed E-state index contributed by atoms with van der Waals surface area (Å²) in [5.74, 6) is 1.78. The Labute approximate surface area is 322 Å². The maximum Gasteiger partial charge on any atom is 0.164 e. The Bertz CT molecular complexity index is 3140. The minimum Gasteiger partial charge on any atom is -0.454 e. The van der Waals surface area contributed by atoms with Gasteiger partial charge in [-0.05, 0) is 70.8 Å². The van der Waals surface area contributed by atoms with Gasteiger partial charge in [-0.1, -0.05) is 146 Å². The molecule has 3 heterocycles. The number of rotatable bonds is 6. The van der Waals surface area contributed by atoms with Crippen LogP contribution < -0.4 is 0 Å². The predicted molar refractivity (Wildman–Crippen MR) is 229 cm³/mol. The first kappa shape index (κ1) is 31.9. The van der Waals surface area contributed by atoms with E-state index in [-0.39, 0.29) is 0 Å². The Morgan fingerprint density at radius 2 is 0.821 bits per heavy atom. The third-order valence-electron chi connectivity index (χ3n) is 10.6. The van der Waals surface area contributed by atoms with E-state index in [1.807, 2.05) is 18.2 Å².